The van der Waals surface area contributed by atoms with Gasteiger partial charge in [-0.1, -0.05) is 25.3 Å². The van der Waals surface area contributed by atoms with Crippen LogP contribution in [-0.2, 0) is 15.8 Å². The van der Waals surface area contributed by atoms with Crippen molar-refractivity contribution in [1.82, 2.24) is 10.2 Å². The minimum Gasteiger partial charge on any atom is -0.484 e. The van der Waals surface area contributed by atoms with E-state index in [0.29, 0.717) is 13.1 Å². The van der Waals surface area contributed by atoms with Crippen molar-refractivity contribution in [2.24, 2.45) is 5.92 Å². The van der Waals surface area contributed by atoms with Gasteiger partial charge in [0.1, 0.15) is 5.75 Å². The van der Waals surface area contributed by atoms with E-state index in [-0.39, 0.29) is 36.1 Å². The Kier molecular flexibility index (Phi) is 7.03. The molecule has 1 unspecified atom stereocenters. The Balaban J connectivity index is 1.50. The van der Waals surface area contributed by atoms with Crippen molar-refractivity contribution >= 4 is 11.8 Å². The first-order valence-corrected chi connectivity index (χ1v) is 10.2. The van der Waals surface area contributed by atoms with Crippen LogP contribution >= 0.6 is 0 Å². The largest absolute Gasteiger partial charge is 0.484 e. The van der Waals surface area contributed by atoms with Crippen molar-refractivity contribution in [2.45, 2.75) is 57.2 Å². The fraction of sp³-hybridized carbons (Fsp3) is 0.619. The molecule has 0 radical (unpaired) electrons. The summed E-state index contributed by atoms with van der Waals surface area (Å²) in [5.41, 5.74) is -0.820. The van der Waals surface area contributed by atoms with E-state index in [0.717, 1.165) is 50.7 Å². The molecule has 1 heterocycles. The smallest absolute Gasteiger partial charge is 0.416 e. The number of halogens is 3. The summed E-state index contributed by atoms with van der Waals surface area (Å²) in [7, 11) is 0. The Morgan fingerprint density at radius 2 is 1.86 bits per heavy atom. The fourth-order valence-corrected chi connectivity index (χ4v) is 3.98. The third kappa shape index (κ3) is 6.11. The first-order chi connectivity index (χ1) is 13.8. The molecule has 1 aliphatic carbocycles. The Bertz CT molecular complexity index is 717. The summed E-state index contributed by atoms with van der Waals surface area (Å²) in [5.74, 6) is -0.578. The lowest BCUT2D eigenvalue weighted by atomic mass is 9.93. The predicted molar refractivity (Wildman–Crippen MR) is 101 cm³/mol. The maximum Gasteiger partial charge on any atom is 0.416 e. The summed E-state index contributed by atoms with van der Waals surface area (Å²) < 4.78 is 43.6. The minimum absolute atomic E-state index is 0.00299. The van der Waals surface area contributed by atoms with Gasteiger partial charge in [0.05, 0.1) is 11.5 Å². The monoisotopic (exact) mass is 412 g/mol. The molecule has 160 valence electrons. The van der Waals surface area contributed by atoms with Gasteiger partial charge in [-0.3, -0.25) is 9.59 Å². The second-order valence-corrected chi connectivity index (χ2v) is 7.84. The van der Waals surface area contributed by atoms with E-state index in [1.165, 1.54) is 18.6 Å². The number of carbonyl (C=O) groups excluding carboxylic acids is 2. The van der Waals surface area contributed by atoms with E-state index in [1.807, 2.05) is 0 Å². The quantitative estimate of drug-likeness (QED) is 0.801. The van der Waals surface area contributed by atoms with Gasteiger partial charge in [-0.2, -0.15) is 13.2 Å². The molecule has 2 amide bonds. The van der Waals surface area contributed by atoms with Crippen LogP contribution in [0.15, 0.2) is 24.3 Å². The molecule has 0 spiro atoms. The number of ether oxygens (including phenoxy) is 1. The average Bonchev–Trinajstić information content (AvgIpc) is 2.72. The highest BCUT2D eigenvalue weighted by Crippen LogP contribution is 2.31. The summed E-state index contributed by atoms with van der Waals surface area (Å²) in [6.07, 6.45) is 2.48. The van der Waals surface area contributed by atoms with Crippen molar-refractivity contribution in [1.29, 1.82) is 0 Å². The lowest BCUT2D eigenvalue weighted by molar-refractivity contribution is -0.138. The topological polar surface area (TPSA) is 58.6 Å². The Morgan fingerprint density at radius 3 is 2.59 bits per heavy atom. The molecular weight excluding hydrogens is 385 g/mol. The molecule has 1 aliphatic heterocycles. The number of nitrogens with zero attached hydrogens (tertiary/aromatic N) is 1. The van der Waals surface area contributed by atoms with Gasteiger partial charge in [0, 0.05) is 19.1 Å². The molecule has 1 N–H and O–H groups in total. The summed E-state index contributed by atoms with van der Waals surface area (Å²) >= 11 is 0. The fourth-order valence-electron chi connectivity index (χ4n) is 3.98. The zero-order valence-electron chi connectivity index (χ0n) is 16.3. The lowest BCUT2D eigenvalue weighted by Crippen LogP contribution is -2.48. The number of amides is 2. The second kappa shape index (κ2) is 9.50. The molecule has 29 heavy (non-hydrogen) atoms. The molecule has 1 saturated heterocycles. The van der Waals surface area contributed by atoms with Crippen LogP contribution in [0.4, 0.5) is 13.2 Å². The molecule has 1 aromatic carbocycles. The lowest BCUT2D eigenvalue weighted by Gasteiger charge is -2.33. The van der Waals surface area contributed by atoms with E-state index in [9.17, 15) is 22.8 Å². The van der Waals surface area contributed by atoms with Gasteiger partial charge in [0.25, 0.3) is 5.91 Å². The molecular formula is C21H27F3N2O3. The van der Waals surface area contributed by atoms with Crippen molar-refractivity contribution in [3.05, 3.63) is 29.8 Å². The molecule has 0 aromatic heterocycles. The minimum atomic E-state index is -4.46. The molecule has 5 nitrogen and oxygen atoms in total. The number of likely N-dealkylation sites (tertiary alicyclic amines) is 1. The van der Waals surface area contributed by atoms with E-state index < -0.39 is 11.7 Å². The Morgan fingerprint density at radius 1 is 1.10 bits per heavy atom. The van der Waals surface area contributed by atoms with Crippen LogP contribution < -0.4 is 10.1 Å². The van der Waals surface area contributed by atoms with Crippen molar-refractivity contribution in [2.75, 3.05) is 19.7 Å². The SMILES string of the molecule is O=C(NC1CCCCC1)C1CCCN(C(=O)COc2cccc(C(F)(F)F)c2)C1. The van der Waals surface area contributed by atoms with Gasteiger partial charge in [-0.25, -0.2) is 0 Å². The van der Waals surface area contributed by atoms with Crippen LogP contribution in [0.2, 0.25) is 0 Å². The number of piperidine rings is 1. The number of alkyl halides is 3. The molecule has 2 fully saturated rings. The van der Waals surface area contributed by atoms with E-state index in [4.69, 9.17) is 4.74 Å². The third-order valence-electron chi connectivity index (χ3n) is 5.62. The summed E-state index contributed by atoms with van der Waals surface area (Å²) in [6, 6.07) is 4.69. The normalized spacial score (nSPS) is 20.9. The first kappa shape index (κ1) is 21.5. The number of hydrogen-bond acceptors (Lipinski definition) is 3. The van der Waals surface area contributed by atoms with Crippen LogP contribution in [0, 0.1) is 5.92 Å². The zero-order valence-corrected chi connectivity index (χ0v) is 16.3. The summed E-state index contributed by atoms with van der Waals surface area (Å²) in [5, 5.41) is 3.11. The van der Waals surface area contributed by atoms with Gasteiger partial charge in [0.2, 0.25) is 5.91 Å². The maximum absolute atomic E-state index is 12.8. The van der Waals surface area contributed by atoms with E-state index in [2.05, 4.69) is 5.32 Å². The summed E-state index contributed by atoms with van der Waals surface area (Å²) in [6.45, 7) is 0.500. The van der Waals surface area contributed by atoms with Crippen molar-refractivity contribution in [3.8, 4) is 5.75 Å². The van der Waals surface area contributed by atoms with E-state index in [1.54, 1.807) is 4.90 Å². The molecule has 0 bridgehead atoms. The molecule has 2 aliphatic rings. The van der Waals surface area contributed by atoms with Gasteiger partial charge in [-0.05, 0) is 43.9 Å². The molecule has 1 atom stereocenters. The summed E-state index contributed by atoms with van der Waals surface area (Å²) in [4.78, 5) is 26.6. The highest BCUT2D eigenvalue weighted by molar-refractivity contribution is 5.82. The average molecular weight is 412 g/mol. The first-order valence-electron chi connectivity index (χ1n) is 10.2. The Hall–Kier alpha value is -2.25. The van der Waals surface area contributed by atoms with Crippen LogP contribution in [0.25, 0.3) is 0 Å². The molecule has 1 aromatic rings. The molecule has 8 heteroatoms. The van der Waals surface area contributed by atoms with Crippen LogP contribution in [0.1, 0.15) is 50.5 Å². The standard InChI is InChI=1S/C21H27F3N2O3/c22-21(23,24)16-7-4-10-18(12-16)29-14-19(27)26-11-5-6-15(13-26)20(28)25-17-8-2-1-3-9-17/h4,7,10,12,15,17H,1-3,5-6,8-9,11,13-14H2,(H,25,28). The zero-order chi connectivity index (χ0) is 20.9. The van der Waals surface area contributed by atoms with Crippen molar-refractivity contribution in [3.63, 3.8) is 0 Å². The van der Waals surface area contributed by atoms with Crippen LogP contribution in [0.5, 0.6) is 5.75 Å². The highest BCUT2D eigenvalue weighted by Gasteiger charge is 2.31. The predicted octanol–water partition coefficient (Wildman–Crippen LogP) is 3.77. The number of nitrogens with one attached hydrogen (secondary N) is 1. The van der Waals surface area contributed by atoms with Crippen molar-refractivity contribution < 1.29 is 27.5 Å². The van der Waals surface area contributed by atoms with Gasteiger partial charge < -0.3 is 15.0 Å². The van der Waals surface area contributed by atoms with Crippen LogP contribution in [-0.4, -0.2) is 42.5 Å². The van der Waals surface area contributed by atoms with Gasteiger partial charge >= 0.3 is 6.18 Å². The van der Waals surface area contributed by atoms with E-state index >= 15 is 0 Å². The number of carbonyl (C=O) groups is 2. The third-order valence-corrected chi connectivity index (χ3v) is 5.62. The number of hydrogen-bond donors (Lipinski definition) is 1. The van der Waals surface area contributed by atoms with Crippen LogP contribution in [0.3, 0.4) is 0 Å². The maximum atomic E-state index is 12.8. The molecule has 1 saturated carbocycles. The second-order valence-electron chi connectivity index (χ2n) is 7.84. The molecule has 3 rings (SSSR count). The number of rotatable bonds is 5. The Labute approximate surface area is 168 Å². The van der Waals surface area contributed by atoms with Gasteiger partial charge in [0.15, 0.2) is 6.61 Å². The van der Waals surface area contributed by atoms with Gasteiger partial charge in [-0.15, -0.1) is 0 Å². The number of benzene rings is 1. The highest BCUT2D eigenvalue weighted by atomic mass is 19.4.